The van der Waals surface area contributed by atoms with E-state index in [9.17, 15) is 30.6 Å². The molecule has 24 heavy (non-hydrogen) atoms. The molecule has 0 aromatic carbocycles. The Kier molecular flexibility index (Phi) is 6.90. The summed E-state index contributed by atoms with van der Waals surface area (Å²) < 4.78 is 21.1. The molecule has 0 amide bonds. The highest BCUT2D eigenvalue weighted by Crippen LogP contribution is 2.29. The predicted octanol–water partition coefficient (Wildman–Crippen LogP) is -3.67. The summed E-state index contributed by atoms with van der Waals surface area (Å²) >= 11 is 0. The van der Waals surface area contributed by atoms with Gasteiger partial charge in [-0.05, 0) is 6.92 Å². The van der Waals surface area contributed by atoms with Gasteiger partial charge < -0.3 is 49.6 Å². The second-order valence-electron chi connectivity index (χ2n) is 6.05. The summed E-state index contributed by atoms with van der Waals surface area (Å²) in [6.45, 7) is 0.527. The number of rotatable bonds is 5. The maximum atomic E-state index is 10.2. The molecular formula is C14H26O10. The minimum absolute atomic E-state index is 0.481. The molecule has 10 nitrogen and oxygen atoms in total. The Morgan fingerprint density at radius 1 is 0.792 bits per heavy atom. The van der Waals surface area contributed by atoms with Gasteiger partial charge in [0.05, 0.1) is 19.3 Å². The Morgan fingerprint density at radius 3 is 1.88 bits per heavy atom. The van der Waals surface area contributed by atoms with Crippen molar-refractivity contribution in [2.24, 2.45) is 0 Å². The summed E-state index contributed by atoms with van der Waals surface area (Å²) in [6.07, 6.45) is -11.7. The average molecular weight is 354 g/mol. The molecule has 9 unspecified atom stereocenters. The van der Waals surface area contributed by atoms with Crippen molar-refractivity contribution in [3.63, 3.8) is 0 Å². The quantitative estimate of drug-likeness (QED) is 0.290. The van der Waals surface area contributed by atoms with Gasteiger partial charge in [0.25, 0.3) is 0 Å². The van der Waals surface area contributed by atoms with Crippen LogP contribution in [0.1, 0.15) is 6.92 Å². The van der Waals surface area contributed by atoms with Gasteiger partial charge in [-0.2, -0.15) is 0 Å². The summed E-state index contributed by atoms with van der Waals surface area (Å²) in [5, 5.41) is 59.1. The fraction of sp³-hybridized carbons (Fsp3) is 1.00. The summed E-state index contributed by atoms with van der Waals surface area (Å²) in [4.78, 5) is 0. The van der Waals surface area contributed by atoms with Crippen molar-refractivity contribution in [2.75, 3.05) is 20.3 Å². The van der Waals surface area contributed by atoms with Crippen LogP contribution in [-0.4, -0.2) is 112 Å². The first-order chi connectivity index (χ1) is 11.3. The fourth-order valence-electron chi connectivity index (χ4n) is 3.03. The van der Waals surface area contributed by atoms with Crippen LogP contribution >= 0.6 is 0 Å². The number of methoxy groups -OCH3 is 1. The standard InChI is InChI=1S/C14H26O10/c1-5-8(17)13(10(19)6(3-15)22-5)24-14-11(20)12(21-2)9(18)7(4-16)23-14/h5-20H,3-4H2,1-2H3/t5-,6?,7?,8?,9?,10?,11?,12?,13?,14?/m1/s1. The van der Waals surface area contributed by atoms with Gasteiger partial charge in [0, 0.05) is 7.11 Å². The monoisotopic (exact) mass is 354 g/mol. The zero-order chi connectivity index (χ0) is 18.0. The molecule has 0 radical (unpaired) electrons. The molecule has 0 aromatic heterocycles. The van der Waals surface area contributed by atoms with Gasteiger partial charge in [0.1, 0.15) is 48.8 Å². The van der Waals surface area contributed by atoms with Crippen LogP contribution in [0.3, 0.4) is 0 Å². The van der Waals surface area contributed by atoms with Crippen LogP contribution in [0.5, 0.6) is 0 Å². The number of ether oxygens (including phenoxy) is 4. The van der Waals surface area contributed by atoms with E-state index in [1.807, 2.05) is 0 Å². The molecule has 10 heteroatoms. The molecule has 2 aliphatic heterocycles. The van der Waals surface area contributed by atoms with E-state index in [2.05, 4.69) is 0 Å². The van der Waals surface area contributed by atoms with Crippen LogP contribution in [0, 0.1) is 0 Å². The van der Waals surface area contributed by atoms with E-state index < -0.39 is 74.4 Å². The molecular weight excluding hydrogens is 328 g/mol. The first kappa shape index (κ1) is 19.9. The van der Waals surface area contributed by atoms with Gasteiger partial charge in [-0.25, -0.2) is 0 Å². The van der Waals surface area contributed by atoms with Gasteiger partial charge in [0.2, 0.25) is 0 Å². The lowest BCUT2D eigenvalue weighted by molar-refractivity contribution is -0.342. The molecule has 2 saturated heterocycles. The number of aliphatic hydroxyl groups excluding tert-OH is 6. The Labute approximate surface area is 139 Å². The molecule has 0 saturated carbocycles. The molecule has 0 aliphatic carbocycles. The lowest BCUT2D eigenvalue weighted by Crippen LogP contribution is -2.64. The first-order valence-electron chi connectivity index (χ1n) is 7.78. The number of aliphatic hydroxyl groups is 6. The Hall–Kier alpha value is -0.400. The van der Waals surface area contributed by atoms with Crippen LogP contribution in [0.15, 0.2) is 0 Å². The second-order valence-corrected chi connectivity index (χ2v) is 6.05. The first-order valence-corrected chi connectivity index (χ1v) is 7.78. The molecule has 0 aromatic rings. The molecule has 10 atom stereocenters. The maximum absolute atomic E-state index is 10.2. The van der Waals surface area contributed by atoms with Crippen molar-refractivity contribution < 1.29 is 49.6 Å². The van der Waals surface area contributed by atoms with Gasteiger partial charge in [0.15, 0.2) is 6.29 Å². The van der Waals surface area contributed by atoms with E-state index in [0.717, 1.165) is 0 Å². The van der Waals surface area contributed by atoms with E-state index in [0.29, 0.717) is 0 Å². The molecule has 0 spiro atoms. The van der Waals surface area contributed by atoms with Gasteiger partial charge in [-0.1, -0.05) is 0 Å². The zero-order valence-corrected chi connectivity index (χ0v) is 13.5. The van der Waals surface area contributed by atoms with Crippen LogP contribution < -0.4 is 0 Å². The van der Waals surface area contributed by atoms with E-state index in [4.69, 9.17) is 18.9 Å². The normalized spacial score (nSPS) is 50.0. The van der Waals surface area contributed by atoms with Gasteiger partial charge in [-0.3, -0.25) is 0 Å². The van der Waals surface area contributed by atoms with Crippen molar-refractivity contribution in [3.8, 4) is 0 Å². The van der Waals surface area contributed by atoms with E-state index >= 15 is 0 Å². The molecule has 2 aliphatic rings. The molecule has 2 heterocycles. The smallest absolute Gasteiger partial charge is 0.187 e. The number of hydrogen-bond acceptors (Lipinski definition) is 10. The SMILES string of the molecule is COC1C(O)C(CO)OC(OC2C(O)C(CO)O[C@H](C)C2O)C1O. The molecule has 6 N–H and O–H groups in total. The fourth-order valence-corrected chi connectivity index (χ4v) is 3.03. The third-order valence-corrected chi connectivity index (χ3v) is 4.49. The Bertz CT molecular complexity index is 396. The third-order valence-electron chi connectivity index (χ3n) is 4.49. The van der Waals surface area contributed by atoms with Crippen molar-refractivity contribution in [3.05, 3.63) is 0 Å². The van der Waals surface area contributed by atoms with Gasteiger partial charge >= 0.3 is 0 Å². The summed E-state index contributed by atoms with van der Waals surface area (Å²) in [7, 11) is 1.27. The van der Waals surface area contributed by atoms with E-state index in [1.165, 1.54) is 7.11 Å². The Balaban J connectivity index is 2.14. The maximum Gasteiger partial charge on any atom is 0.187 e. The summed E-state index contributed by atoms with van der Waals surface area (Å²) in [5.74, 6) is 0. The van der Waals surface area contributed by atoms with E-state index in [1.54, 1.807) is 6.92 Å². The van der Waals surface area contributed by atoms with Crippen molar-refractivity contribution in [2.45, 2.75) is 68.1 Å². The van der Waals surface area contributed by atoms with Crippen LogP contribution in [0.2, 0.25) is 0 Å². The van der Waals surface area contributed by atoms with Crippen LogP contribution in [0.4, 0.5) is 0 Å². The second kappa shape index (κ2) is 8.32. The largest absolute Gasteiger partial charge is 0.394 e. The predicted molar refractivity (Wildman–Crippen MR) is 76.9 cm³/mol. The zero-order valence-electron chi connectivity index (χ0n) is 13.5. The Morgan fingerprint density at radius 2 is 1.33 bits per heavy atom. The highest BCUT2D eigenvalue weighted by atomic mass is 16.7. The average Bonchev–Trinajstić information content (AvgIpc) is 2.57. The van der Waals surface area contributed by atoms with Crippen molar-refractivity contribution >= 4 is 0 Å². The number of hydrogen-bond donors (Lipinski definition) is 6. The minimum atomic E-state index is -1.42. The lowest BCUT2D eigenvalue weighted by Gasteiger charge is -2.46. The molecule has 2 fully saturated rings. The molecule has 142 valence electrons. The topological polar surface area (TPSA) is 158 Å². The van der Waals surface area contributed by atoms with Crippen molar-refractivity contribution in [1.82, 2.24) is 0 Å². The summed E-state index contributed by atoms with van der Waals surface area (Å²) in [5.41, 5.74) is 0. The van der Waals surface area contributed by atoms with Crippen LogP contribution in [-0.2, 0) is 18.9 Å². The van der Waals surface area contributed by atoms with E-state index in [-0.39, 0.29) is 0 Å². The summed E-state index contributed by atoms with van der Waals surface area (Å²) in [6, 6.07) is 0. The molecule has 2 rings (SSSR count). The highest BCUT2D eigenvalue weighted by Gasteiger charge is 2.50. The third kappa shape index (κ3) is 3.73. The van der Waals surface area contributed by atoms with Crippen molar-refractivity contribution in [1.29, 1.82) is 0 Å². The molecule has 0 bridgehead atoms. The van der Waals surface area contributed by atoms with Crippen LogP contribution in [0.25, 0.3) is 0 Å². The minimum Gasteiger partial charge on any atom is -0.394 e. The highest BCUT2D eigenvalue weighted by molar-refractivity contribution is 4.95. The lowest BCUT2D eigenvalue weighted by atomic mass is 9.95. The van der Waals surface area contributed by atoms with Gasteiger partial charge in [-0.15, -0.1) is 0 Å².